The summed E-state index contributed by atoms with van der Waals surface area (Å²) in [6.45, 7) is 9.85. The molecule has 0 unspecified atom stereocenters. The van der Waals surface area contributed by atoms with Gasteiger partial charge in [0.25, 0.3) is 0 Å². The van der Waals surface area contributed by atoms with Gasteiger partial charge in [-0.05, 0) is 32.6 Å². The minimum absolute atomic E-state index is 0.0282. The first-order valence-electron chi connectivity index (χ1n) is 7.77. The molecule has 118 valence electrons. The summed E-state index contributed by atoms with van der Waals surface area (Å²) in [6.07, 6.45) is 2.26. The van der Waals surface area contributed by atoms with Gasteiger partial charge in [-0.15, -0.1) is 0 Å². The number of nitrogens with zero attached hydrogens (tertiary/aromatic N) is 1. The van der Waals surface area contributed by atoms with Crippen molar-refractivity contribution in [2.75, 3.05) is 19.8 Å². The Labute approximate surface area is 122 Å². The maximum absolute atomic E-state index is 12.3. The number of hydrogen-bond donors (Lipinski definition) is 2. The SMILES string of the molecule is CC[C@H](C)C[C@H](C)NC(=O)N1CCOC[C@H]1C[C@@H](C)O. The average Bonchev–Trinajstić information content (AvgIpc) is 2.38. The molecule has 20 heavy (non-hydrogen) atoms. The van der Waals surface area contributed by atoms with Crippen LogP contribution in [0.4, 0.5) is 4.79 Å². The predicted molar refractivity (Wildman–Crippen MR) is 79.7 cm³/mol. The molecular formula is C15H30N2O3. The number of carbonyl (C=O) groups is 1. The van der Waals surface area contributed by atoms with Gasteiger partial charge in [-0.25, -0.2) is 4.79 Å². The second-order valence-corrected chi connectivity index (χ2v) is 6.11. The zero-order valence-electron chi connectivity index (χ0n) is 13.3. The number of carbonyl (C=O) groups excluding carboxylic acids is 1. The van der Waals surface area contributed by atoms with Gasteiger partial charge in [-0.1, -0.05) is 20.3 Å². The van der Waals surface area contributed by atoms with Crippen molar-refractivity contribution in [1.29, 1.82) is 0 Å². The molecule has 1 rings (SSSR count). The highest BCUT2D eigenvalue weighted by Gasteiger charge is 2.28. The van der Waals surface area contributed by atoms with Gasteiger partial charge in [0.15, 0.2) is 0 Å². The van der Waals surface area contributed by atoms with Crippen LogP contribution in [0.5, 0.6) is 0 Å². The largest absolute Gasteiger partial charge is 0.393 e. The minimum Gasteiger partial charge on any atom is -0.393 e. The third-order valence-corrected chi connectivity index (χ3v) is 3.92. The van der Waals surface area contributed by atoms with Crippen molar-refractivity contribution < 1.29 is 14.6 Å². The Hall–Kier alpha value is -0.810. The smallest absolute Gasteiger partial charge is 0.318 e. The molecule has 2 N–H and O–H groups in total. The number of urea groups is 1. The zero-order valence-corrected chi connectivity index (χ0v) is 13.3. The highest BCUT2D eigenvalue weighted by molar-refractivity contribution is 5.75. The fraction of sp³-hybridized carbons (Fsp3) is 0.933. The van der Waals surface area contributed by atoms with Crippen molar-refractivity contribution in [1.82, 2.24) is 10.2 Å². The first-order chi connectivity index (χ1) is 9.43. The van der Waals surface area contributed by atoms with Gasteiger partial charge >= 0.3 is 6.03 Å². The van der Waals surface area contributed by atoms with Crippen molar-refractivity contribution in [2.45, 2.75) is 65.1 Å². The number of aliphatic hydroxyl groups excluding tert-OH is 1. The lowest BCUT2D eigenvalue weighted by molar-refractivity contribution is -0.00483. The number of morpholine rings is 1. The maximum atomic E-state index is 12.3. The van der Waals surface area contributed by atoms with E-state index in [1.54, 1.807) is 6.92 Å². The number of rotatable bonds is 6. The quantitative estimate of drug-likeness (QED) is 0.785. The molecule has 2 amide bonds. The summed E-state index contributed by atoms with van der Waals surface area (Å²) in [6, 6.07) is 0.113. The van der Waals surface area contributed by atoms with Crippen LogP contribution in [0.1, 0.15) is 47.0 Å². The van der Waals surface area contributed by atoms with Gasteiger partial charge in [0.2, 0.25) is 0 Å². The summed E-state index contributed by atoms with van der Waals surface area (Å²) in [7, 11) is 0. The van der Waals surface area contributed by atoms with E-state index < -0.39 is 6.10 Å². The number of amides is 2. The van der Waals surface area contributed by atoms with Crippen molar-refractivity contribution in [3.05, 3.63) is 0 Å². The molecule has 5 nitrogen and oxygen atoms in total. The molecule has 0 saturated carbocycles. The lowest BCUT2D eigenvalue weighted by Gasteiger charge is -2.37. The average molecular weight is 286 g/mol. The van der Waals surface area contributed by atoms with E-state index >= 15 is 0 Å². The molecule has 0 spiro atoms. The fourth-order valence-electron chi connectivity index (χ4n) is 2.63. The summed E-state index contributed by atoms with van der Waals surface area (Å²) in [5.41, 5.74) is 0. The molecule has 0 aromatic carbocycles. The van der Waals surface area contributed by atoms with Crippen LogP contribution in [-0.4, -0.2) is 54.0 Å². The first kappa shape index (κ1) is 17.2. The van der Waals surface area contributed by atoms with Gasteiger partial charge in [0.05, 0.1) is 25.4 Å². The van der Waals surface area contributed by atoms with Crippen LogP contribution >= 0.6 is 0 Å². The van der Waals surface area contributed by atoms with E-state index in [-0.39, 0.29) is 18.1 Å². The van der Waals surface area contributed by atoms with Gasteiger partial charge < -0.3 is 20.1 Å². The van der Waals surface area contributed by atoms with Crippen LogP contribution in [0.15, 0.2) is 0 Å². The van der Waals surface area contributed by atoms with Crippen LogP contribution in [0.2, 0.25) is 0 Å². The Morgan fingerprint density at radius 2 is 2.15 bits per heavy atom. The van der Waals surface area contributed by atoms with Crippen LogP contribution in [-0.2, 0) is 4.74 Å². The predicted octanol–water partition coefficient (Wildman–Crippen LogP) is 1.99. The maximum Gasteiger partial charge on any atom is 0.318 e. The summed E-state index contributed by atoms with van der Waals surface area (Å²) in [4.78, 5) is 14.2. The van der Waals surface area contributed by atoms with E-state index in [1.807, 2.05) is 11.8 Å². The lowest BCUT2D eigenvalue weighted by atomic mass is 10.0. The van der Waals surface area contributed by atoms with Crippen molar-refractivity contribution in [3.63, 3.8) is 0 Å². The molecule has 1 saturated heterocycles. The zero-order chi connectivity index (χ0) is 15.1. The second-order valence-electron chi connectivity index (χ2n) is 6.11. The van der Waals surface area contributed by atoms with Crippen LogP contribution in [0.25, 0.3) is 0 Å². The van der Waals surface area contributed by atoms with Gasteiger partial charge in [-0.2, -0.15) is 0 Å². The number of ether oxygens (including phenoxy) is 1. The molecular weight excluding hydrogens is 256 g/mol. The lowest BCUT2D eigenvalue weighted by Crippen LogP contribution is -2.54. The molecule has 0 aromatic rings. The normalized spacial score (nSPS) is 24.1. The molecule has 5 heteroatoms. The Kier molecular flexibility index (Phi) is 7.30. The molecule has 0 bridgehead atoms. The van der Waals surface area contributed by atoms with E-state index in [1.165, 1.54) is 0 Å². The summed E-state index contributed by atoms with van der Waals surface area (Å²) in [5.74, 6) is 0.614. The molecule has 1 fully saturated rings. The van der Waals surface area contributed by atoms with E-state index in [2.05, 4.69) is 19.2 Å². The standard InChI is InChI=1S/C15H30N2O3/c1-5-11(2)8-12(3)16-15(19)17-6-7-20-10-14(17)9-13(4)18/h11-14,18H,5-10H2,1-4H3,(H,16,19)/t11-,12-,13+,14+/m0/s1. The van der Waals surface area contributed by atoms with Crippen molar-refractivity contribution in [2.24, 2.45) is 5.92 Å². The van der Waals surface area contributed by atoms with Gasteiger partial charge in [-0.3, -0.25) is 0 Å². The molecule has 0 aromatic heterocycles. The van der Waals surface area contributed by atoms with Crippen molar-refractivity contribution >= 4 is 6.03 Å². The number of nitrogens with one attached hydrogen (secondary N) is 1. The molecule has 0 aliphatic carbocycles. The molecule has 1 aliphatic rings. The highest BCUT2D eigenvalue weighted by atomic mass is 16.5. The second kappa shape index (κ2) is 8.47. The molecule has 1 heterocycles. The molecule has 1 aliphatic heterocycles. The Balaban J connectivity index is 2.50. The van der Waals surface area contributed by atoms with E-state index in [0.717, 1.165) is 12.8 Å². The number of hydrogen-bond acceptors (Lipinski definition) is 3. The number of aliphatic hydroxyl groups is 1. The Morgan fingerprint density at radius 1 is 1.45 bits per heavy atom. The van der Waals surface area contributed by atoms with Gasteiger partial charge in [0, 0.05) is 12.6 Å². The monoisotopic (exact) mass is 286 g/mol. The fourth-order valence-corrected chi connectivity index (χ4v) is 2.63. The Bertz CT molecular complexity index is 297. The van der Waals surface area contributed by atoms with E-state index in [4.69, 9.17) is 4.74 Å². The van der Waals surface area contributed by atoms with Crippen LogP contribution < -0.4 is 5.32 Å². The third kappa shape index (κ3) is 5.67. The Morgan fingerprint density at radius 3 is 2.75 bits per heavy atom. The van der Waals surface area contributed by atoms with E-state index in [9.17, 15) is 9.90 Å². The summed E-state index contributed by atoms with van der Waals surface area (Å²) >= 11 is 0. The highest BCUT2D eigenvalue weighted by Crippen LogP contribution is 2.14. The summed E-state index contributed by atoms with van der Waals surface area (Å²) < 4.78 is 5.42. The molecule has 0 radical (unpaired) electrons. The topological polar surface area (TPSA) is 61.8 Å². The van der Waals surface area contributed by atoms with Crippen LogP contribution in [0.3, 0.4) is 0 Å². The third-order valence-electron chi connectivity index (χ3n) is 3.92. The first-order valence-corrected chi connectivity index (χ1v) is 7.77. The van der Waals surface area contributed by atoms with Crippen molar-refractivity contribution in [3.8, 4) is 0 Å². The minimum atomic E-state index is -0.422. The molecule has 4 atom stereocenters. The van der Waals surface area contributed by atoms with Crippen LogP contribution in [0, 0.1) is 5.92 Å². The van der Waals surface area contributed by atoms with Gasteiger partial charge in [0.1, 0.15) is 0 Å². The summed E-state index contributed by atoms with van der Waals surface area (Å²) in [5, 5.41) is 12.6. The van der Waals surface area contributed by atoms with E-state index in [0.29, 0.717) is 32.1 Å².